The number of amidine groups is 2. The fourth-order valence-electron chi connectivity index (χ4n) is 5.19. The third-order valence-corrected chi connectivity index (χ3v) is 9.08. The van der Waals surface area contributed by atoms with Gasteiger partial charge < -0.3 is 11.5 Å². The molecule has 0 amide bonds. The number of nitrogens with two attached hydrogens (primary N) is 2. The average molecular weight is 728 g/mol. The molecule has 0 saturated carbocycles. The Morgan fingerprint density at radius 1 is 0.957 bits per heavy atom. The van der Waals surface area contributed by atoms with Gasteiger partial charge in [0.1, 0.15) is 17.9 Å². The summed E-state index contributed by atoms with van der Waals surface area (Å²) < 4.78 is 3.27. The second kappa shape index (κ2) is 15.7. The first-order chi connectivity index (χ1) is 22.2. The molecular weight excluding hydrogens is 691 g/mol. The summed E-state index contributed by atoms with van der Waals surface area (Å²) in [5.74, 6) is 0.394. The number of aliphatic imine (C=N–C) groups is 4. The summed E-state index contributed by atoms with van der Waals surface area (Å²) in [6.07, 6.45) is 9.62. The van der Waals surface area contributed by atoms with Gasteiger partial charge in [0.05, 0.1) is 21.9 Å². The van der Waals surface area contributed by atoms with Crippen LogP contribution in [0.15, 0.2) is 85.2 Å². The predicted octanol–water partition coefficient (Wildman–Crippen LogP) is 4.03. The van der Waals surface area contributed by atoms with Crippen molar-refractivity contribution < 1.29 is 4.99 Å². The lowest BCUT2D eigenvalue weighted by Crippen LogP contribution is -2.70. The van der Waals surface area contributed by atoms with Crippen molar-refractivity contribution >= 4 is 64.8 Å². The number of halogens is 1. The van der Waals surface area contributed by atoms with Gasteiger partial charge in [-0.15, -0.1) is 5.11 Å². The van der Waals surface area contributed by atoms with E-state index in [4.69, 9.17) is 16.9 Å². The van der Waals surface area contributed by atoms with Crippen LogP contribution >= 0.6 is 20.7 Å². The van der Waals surface area contributed by atoms with Gasteiger partial charge in [0.15, 0.2) is 11.7 Å². The Balaban J connectivity index is 2.00. The highest BCUT2D eigenvalue weighted by Crippen LogP contribution is 2.45. The monoisotopic (exact) mass is 727 g/mol. The quantitative estimate of drug-likeness (QED) is 0.112. The van der Waals surface area contributed by atoms with Crippen molar-refractivity contribution in [1.29, 1.82) is 5.41 Å². The van der Waals surface area contributed by atoms with E-state index in [0.29, 0.717) is 29.5 Å². The van der Waals surface area contributed by atoms with E-state index in [1.807, 2.05) is 28.4 Å². The summed E-state index contributed by atoms with van der Waals surface area (Å²) in [4.78, 5) is 29.1. The molecule has 12 nitrogen and oxygen atoms in total. The minimum Gasteiger partial charge on any atom is -0.390 e. The third-order valence-electron chi connectivity index (χ3n) is 7.00. The smallest absolute Gasteiger partial charge is 0.281 e. The molecular formula is C33H36IN12+. The Kier molecular flexibility index (Phi) is 11.5. The molecule has 0 unspecified atom stereocenters. The van der Waals surface area contributed by atoms with Gasteiger partial charge in [-0.05, 0) is 108 Å². The molecule has 1 aliphatic rings. The number of aromatic nitrogens is 2. The Morgan fingerprint density at radius 2 is 1.59 bits per heavy atom. The van der Waals surface area contributed by atoms with E-state index in [1.165, 1.54) is 16.3 Å². The number of hydrogen-bond donors (Lipinski definition) is 4. The molecule has 1 aromatic carbocycles. The molecule has 1 aliphatic heterocycles. The number of hydrogen-bond acceptors (Lipinski definition) is 6. The first-order valence-corrected chi connectivity index (χ1v) is 16.5. The van der Waals surface area contributed by atoms with Crippen LogP contribution in [0, 0.1) is 26.2 Å². The van der Waals surface area contributed by atoms with Crippen LogP contribution in [0.5, 0.6) is 0 Å². The Hall–Kier alpha value is -5.18. The number of benzene rings is 1. The SMILES string of the molecule is C=C(C)N=NC(=N)c1cc(-c2c(C)c(C3=CC(C[NH+]=CN=CN)=NC=I3)c(C)c(-c3ccnc(C(N=CN)=NC)c3)c2C)ccn1. The molecule has 3 aromatic rings. The zero-order valence-electron chi connectivity index (χ0n) is 26.4. The van der Waals surface area contributed by atoms with Crippen LogP contribution in [0.3, 0.4) is 0 Å². The maximum absolute atomic E-state index is 8.47. The molecule has 46 heavy (non-hydrogen) atoms. The predicted molar refractivity (Wildman–Crippen MR) is 199 cm³/mol. The molecule has 2 aromatic heterocycles. The second-order valence-electron chi connectivity index (χ2n) is 10.1. The summed E-state index contributed by atoms with van der Waals surface area (Å²) in [6.45, 7) is 12.4. The van der Waals surface area contributed by atoms with Crippen molar-refractivity contribution in [2.24, 2.45) is 41.7 Å². The van der Waals surface area contributed by atoms with Gasteiger partial charge >= 0.3 is 0 Å². The van der Waals surface area contributed by atoms with Crippen molar-refractivity contribution in [2.45, 2.75) is 27.7 Å². The lowest BCUT2D eigenvalue weighted by molar-refractivity contribution is -0.433. The molecule has 0 fully saturated rings. The molecule has 3 heterocycles. The first-order valence-electron chi connectivity index (χ1n) is 14.2. The van der Waals surface area contributed by atoms with Crippen LogP contribution in [0.4, 0.5) is 0 Å². The molecule has 0 atom stereocenters. The summed E-state index contributed by atoms with van der Waals surface area (Å²) in [7, 11) is 1.66. The fraction of sp³-hybridized carbons (Fsp3) is 0.182. The van der Waals surface area contributed by atoms with E-state index in [9.17, 15) is 0 Å². The van der Waals surface area contributed by atoms with Gasteiger partial charge in [-0.1, -0.05) is 27.3 Å². The number of azo groups is 1. The molecule has 0 aliphatic carbocycles. The number of rotatable bonds is 9. The standard InChI is InChI=1S/C33H35IN12/c1-19(2)45-46-32(37)27-11-23(7-9-41-27)29-20(3)30(24-8-10-42-28(12-24)33(38-6)44-17-36)22(5)31(21(29)4)26-13-25(43-15-34-26)14-39-18-40-16-35/h7-13,15-18,37H,1,14H2,2-6H3,(H2,35,39,40)(H2,36,38,44)/p+1. The molecule has 234 valence electrons. The molecule has 0 saturated heterocycles. The van der Waals surface area contributed by atoms with Crippen LogP contribution < -0.4 is 16.5 Å². The van der Waals surface area contributed by atoms with Crippen molar-refractivity contribution in [3.63, 3.8) is 0 Å². The van der Waals surface area contributed by atoms with E-state index in [0.717, 1.165) is 50.2 Å². The summed E-state index contributed by atoms with van der Waals surface area (Å²) >= 11 is -0.528. The maximum atomic E-state index is 8.47. The molecule has 4 rings (SSSR count). The van der Waals surface area contributed by atoms with Gasteiger partial charge in [-0.2, -0.15) is 5.11 Å². The summed E-state index contributed by atoms with van der Waals surface area (Å²) in [5.41, 5.74) is 21.9. The molecule has 0 bridgehead atoms. The number of nitrogens with one attached hydrogen (secondary N) is 2. The van der Waals surface area contributed by atoms with Crippen molar-refractivity contribution in [3.8, 4) is 22.3 Å². The van der Waals surface area contributed by atoms with Crippen LogP contribution in [-0.2, 0) is 0 Å². The van der Waals surface area contributed by atoms with Gasteiger partial charge in [-0.25, -0.2) is 4.99 Å². The largest absolute Gasteiger partial charge is 0.390 e. The zero-order valence-corrected chi connectivity index (χ0v) is 28.5. The Bertz CT molecular complexity index is 1930. The van der Waals surface area contributed by atoms with E-state index in [1.54, 1.807) is 32.7 Å². The van der Waals surface area contributed by atoms with Crippen LogP contribution in [0.2, 0.25) is 0 Å². The lowest BCUT2D eigenvalue weighted by atomic mass is 9.82. The van der Waals surface area contributed by atoms with Gasteiger partial charge in [0, 0.05) is 23.0 Å². The zero-order chi connectivity index (χ0) is 33.2. The van der Waals surface area contributed by atoms with E-state index < -0.39 is 20.7 Å². The van der Waals surface area contributed by atoms with Crippen LogP contribution in [0.25, 0.3) is 25.8 Å². The van der Waals surface area contributed by atoms with Crippen LogP contribution in [-0.4, -0.2) is 64.1 Å². The lowest BCUT2D eigenvalue weighted by Gasteiger charge is -2.24. The molecule has 6 N–H and O–H groups in total. The first kappa shape index (κ1) is 33.7. The third kappa shape index (κ3) is 7.72. The Labute approximate surface area is 278 Å². The summed E-state index contributed by atoms with van der Waals surface area (Å²) in [5, 5.41) is 16.4. The Morgan fingerprint density at radius 3 is 2.20 bits per heavy atom. The molecule has 0 spiro atoms. The molecule has 13 heteroatoms. The highest BCUT2D eigenvalue weighted by atomic mass is 127. The minimum atomic E-state index is -0.528. The number of pyridine rings is 2. The maximum Gasteiger partial charge on any atom is 0.281 e. The normalized spacial score (nSPS) is 13.9. The fourth-order valence-corrected chi connectivity index (χ4v) is 7.64. The van der Waals surface area contributed by atoms with Gasteiger partial charge in [0.2, 0.25) is 6.34 Å². The average Bonchev–Trinajstić information content (AvgIpc) is 3.05. The topological polar surface area (TPSA) is 190 Å². The van der Waals surface area contributed by atoms with Gasteiger partial charge in [0.25, 0.3) is 6.34 Å². The van der Waals surface area contributed by atoms with Crippen molar-refractivity contribution in [3.05, 3.63) is 88.7 Å². The van der Waals surface area contributed by atoms with Crippen LogP contribution in [0.1, 0.15) is 40.6 Å². The van der Waals surface area contributed by atoms with E-state index in [2.05, 4.69) is 78.6 Å². The van der Waals surface area contributed by atoms with Crippen molar-refractivity contribution in [2.75, 3.05) is 13.6 Å². The van der Waals surface area contributed by atoms with Gasteiger partial charge in [-0.3, -0.25) is 30.4 Å². The molecule has 0 radical (unpaired) electrons. The minimum absolute atomic E-state index is 0.0436. The number of nitrogens with zero attached hydrogens (tertiary/aromatic N) is 8. The highest BCUT2D eigenvalue weighted by Gasteiger charge is 2.23. The van der Waals surface area contributed by atoms with E-state index in [-0.39, 0.29) is 5.84 Å². The summed E-state index contributed by atoms with van der Waals surface area (Å²) in [6, 6.07) is 7.82. The number of allylic oxidation sites excluding steroid dienone is 1. The van der Waals surface area contributed by atoms with Crippen molar-refractivity contribution in [1.82, 2.24) is 9.97 Å². The highest BCUT2D eigenvalue weighted by molar-refractivity contribution is 14.2. The van der Waals surface area contributed by atoms with E-state index >= 15 is 0 Å². The second-order valence-corrected chi connectivity index (χ2v) is 12.4.